The second kappa shape index (κ2) is 4.79. The van der Waals surface area contributed by atoms with Crippen molar-refractivity contribution in [3.8, 4) is 6.07 Å². The normalized spacial score (nSPS) is 14.0. The van der Waals surface area contributed by atoms with Crippen LogP contribution in [0.2, 0.25) is 0 Å². The Balaban J connectivity index is 1.91. The van der Waals surface area contributed by atoms with E-state index in [2.05, 4.69) is 36.9 Å². The SMILES string of the molecule is N#Cc1c(N)sc2c1CCN(c1ncc(Br)cn1)C2. The Labute approximate surface area is 122 Å². The van der Waals surface area contributed by atoms with Gasteiger partial charge in [-0.3, -0.25) is 0 Å². The van der Waals surface area contributed by atoms with Gasteiger partial charge in [0.2, 0.25) is 5.95 Å². The zero-order valence-corrected chi connectivity index (χ0v) is 12.3. The van der Waals surface area contributed by atoms with Crippen molar-refractivity contribution in [1.82, 2.24) is 9.97 Å². The summed E-state index contributed by atoms with van der Waals surface area (Å²) in [5.74, 6) is 0.708. The number of anilines is 2. The van der Waals surface area contributed by atoms with E-state index >= 15 is 0 Å². The highest BCUT2D eigenvalue weighted by atomic mass is 79.9. The number of rotatable bonds is 1. The Kier molecular flexibility index (Phi) is 3.12. The van der Waals surface area contributed by atoms with Gasteiger partial charge in [0.25, 0.3) is 0 Å². The predicted molar refractivity (Wildman–Crippen MR) is 77.9 cm³/mol. The van der Waals surface area contributed by atoms with Gasteiger partial charge in [0.1, 0.15) is 11.1 Å². The minimum Gasteiger partial charge on any atom is -0.389 e. The quantitative estimate of drug-likeness (QED) is 0.865. The van der Waals surface area contributed by atoms with Crippen LogP contribution in [0.1, 0.15) is 16.0 Å². The van der Waals surface area contributed by atoms with E-state index in [0.717, 1.165) is 27.9 Å². The maximum Gasteiger partial charge on any atom is 0.225 e. The van der Waals surface area contributed by atoms with Crippen LogP contribution in [-0.4, -0.2) is 16.5 Å². The van der Waals surface area contributed by atoms with Crippen molar-refractivity contribution >= 4 is 38.2 Å². The van der Waals surface area contributed by atoms with Crippen molar-refractivity contribution in [2.24, 2.45) is 0 Å². The summed E-state index contributed by atoms with van der Waals surface area (Å²) in [6, 6.07) is 2.19. The largest absolute Gasteiger partial charge is 0.389 e. The van der Waals surface area contributed by atoms with Crippen LogP contribution in [0.15, 0.2) is 16.9 Å². The lowest BCUT2D eigenvalue weighted by Crippen LogP contribution is -2.31. The lowest BCUT2D eigenvalue weighted by atomic mass is 10.0. The molecule has 2 aromatic heterocycles. The number of fused-ring (bicyclic) bond motifs is 1. The molecule has 0 radical (unpaired) electrons. The van der Waals surface area contributed by atoms with Gasteiger partial charge in [-0.05, 0) is 27.9 Å². The van der Waals surface area contributed by atoms with Gasteiger partial charge in [-0.15, -0.1) is 11.3 Å². The molecule has 19 heavy (non-hydrogen) atoms. The molecule has 0 aromatic carbocycles. The highest BCUT2D eigenvalue weighted by Gasteiger charge is 2.24. The van der Waals surface area contributed by atoms with Gasteiger partial charge in [0.05, 0.1) is 16.6 Å². The van der Waals surface area contributed by atoms with Crippen molar-refractivity contribution in [2.75, 3.05) is 17.2 Å². The van der Waals surface area contributed by atoms with Gasteiger partial charge in [0, 0.05) is 23.8 Å². The zero-order valence-electron chi connectivity index (χ0n) is 9.93. The fourth-order valence-corrected chi connectivity index (χ4v) is 3.48. The predicted octanol–water partition coefficient (Wildman–Crippen LogP) is 2.32. The van der Waals surface area contributed by atoms with Crippen molar-refractivity contribution in [3.05, 3.63) is 32.9 Å². The number of nitrogens with two attached hydrogens (primary N) is 1. The fraction of sp³-hybridized carbons (Fsp3) is 0.250. The monoisotopic (exact) mass is 335 g/mol. The molecule has 0 saturated carbocycles. The first-order valence-corrected chi connectivity index (χ1v) is 7.32. The van der Waals surface area contributed by atoms with Crippen molar-refractivity contribution in [2.45, 2.75) is 13.0 Å². The average molecular weight is 336 g/mol. The number of halogens is 1. The average Bonchev–Trinajstić information content (AvgIpc) is 2.73. The molecule has 1 aliphatic heterocycles. The summed E-state index contributed by atoms with van der Waals surface area (Å²) in [6.07, 6.45) is 4.29. The molecule has 3 rings (SSSR count). The van der Waals surface area contributed by atoms with Gasteiger partial charge < -0.3 is 10.6 Å². The zero-order chi connectivity index (χ0) is 13.4. The van der Waals surface area contributed by atoms with Crippen molar-refractivity contribution in [1.29, 1.82) is 5.26 Å². The van der Waals surface area contributed by atoms with Crippen LogP contribution in [0.3, 0.4) is 0 Å². The number of nitriles is 1. The molecule has 0 bridgehead atoms. The molecular weight excluding hydrogens is 326 g/mol. The molecule has 1 aliphatic rings. The number of thiophene rings is 1. The number of hydrogen-bond donors (Lipinski definition) is 1. The highest BCUT2D eigenvalue weighted by Crippen LogP contribution is 2.35. The summed E-state index contributed by atoms with van der Waals surface area (Å²) in [5.41, 5.74) is 7.62. The summed E-state index contributed by atoms with van der Waals surface area (Å²) in [6.45, 7) is 1.52. The molecule has 3 heterocycles. The van der Waals surface area contributed by atoms with Gasteiger partial charge in [-0.1, -0.05) is 0 Å². The first-order valence-electron chi connectivity index (χ1n) is 5.71. The Morgan fingerprint density at radius 3 is 2.84 bits per heavy atom. The second-order valence-corrected chi connectivity index (χ2v) is 6.28. The van der Waals surface area contributed by atoms with Crippen LogP contribution in [0.5, 0.6) is 0 Å². The van der Waals surface area contributed by atoms with Crippen molar-refractivity contribution in [3.63, 3.8) is 0 Å². The molecule has 0 saturated heterocycles. The van der Waals surface area contributed by atoms with E-state index in [4.69, 9.17) is 11.0 Å². The van der Waals surface area contributed by atoms with E-state index in [0.29, 0.717) is 23.1 Å². The maximum absolute atomic E-state index is 9.11. The van der Waals surface area contributed by atoms with Gasteiger partial charge in [-0.25, -0.2) is 9.97 Å². The Hall–Kier alpha value is -1.65. The molecule has 0 amide bonds. The summed E-state index contributed by atoms with van der Waals surface area (Å²) >= 11 is 4.82. The Bertz CT molecular complexity index is 658. The third-order valence-corrected chi connectivity index (χ3v) is 4.54. The summed E-state index contributed by atoms with van der Waals surface area (Å²) in [5, 5.41) is 9.73. The van der Waals surface area contributed by atoms with Crippen LogP contribution in [-0.2, 0) is 13.0 Å². The smallest absolute Gasteiger partial charge is 0.225 e. The fourth-order valence-electron chi connectivity index (χ4n) is 2.19. The first kappa shape index (κ1) is 12.4. The highest BCUT2D eigenvalue weighted by molar-refractivity contribution is 9.10. The molecule has 2 N–H and O–H groups in total. The number of hydrogen-bond acceptors (Lipinski definition) is 6. The van der Waals surface area contributed by atoms with Crippen LogP contribution < -0.4 is 10.6 Å². The topological polar surface area (TPSA) is 78.8 Å². The van der Waals surface area contributed by atoms with E-state index in [-0.39, 0.29) is 0 Å². The molecule has 2 aromatic rings. The molecule has 0 spiro atoms. The van der Waals surface area contributed by atoms with E-state index in [1.54, 1.807) is 12.4 Å². The summed E-state index contributed by atoms with van der Waals surface area (Å²) in [4.78, 5) is 11.8. The summed E-state index contributed by atoms with van der Waals surface area (Å²) in [7, 11) is 0. The number of aromatic nitrogens is 2. The first-order chi connectivity index (χ1) is 9.19. The van der Waals surface area contributed by atoms with Gasteiger partial charge in [0.15, 0.2) is 0 Å². The Morgan fingerprint density at radius 1 is 1.42 bits per heavy atom. The minimum absolute atomic E-state index is 0.617. The third kappa shape index (κ3) is 2.17. The van der Waals surface area contributed by atoms with Gasteiger partial charge >= 0.3 is 0 Å². The molecule has 0 unspecified atom stereocenters. The lowest BCUT2D eigenvalue weighted by molar-refractivity contribution is 0.717. The van der Waals surface area contributed by atoms with E-state index < -0.39 is 0 Å². The van der Waals surface area contributed by atoms with Crippen LogP contribution >= 0.6 is 27.3 Å². The van der Waals surface area contributed by atoms with Crippen molar-refractivity contribution < 1.29 is 0 Å². The maximum atomic E-state index is 9.11. The number of nitrogen functional groups attached to an aromatic ring is 1. The Morgan fingerprint density at radius 2 is 2.16 bits per heavy atom. The molecular formula is C12H10BrN5S. The third-order valence-electron chi connectivity index (χ3n) is 3.09. The second-order valence-electron chi connectivity index (χ2n) is 4.23. The van der Waals surface area contributed by atoms with Crippen LogP contribution in [0, 0.1) is 11.3 Å². The van der Waals surface area contributed by atoms with E-state index in [1.807, 2.05) is 0 Å². The summed E-state index contributed by atoms with van der Waals surface area (Å²) < 4.78 is 0.862. The van der Waals surface area contributed by atoms with Gasteiger partial charge in [-0.2, -0.15) is 5.26 Å². The molecule has 7 heteroatoms. The lowest BCUT2D eigenvalue weighted by Gasteiger charge is -2.26. The van der Waals surface area contributed by atoms with E-state index in [9.17, 15) is 0 Å². The molecule has 96 valence electrons. The molecule has 0 atom stereocenters. The molecule has 0 fully saturated rings. The van der Waals surface area contributed by atoms with E-state index in [1.165, 1.54) is 11.3 Å². The molecule has 0 aliphatic carbocycles. The number of nitrogens with zero attached hydrogens (tertiary/aromatic N) is 4. The molecule has 5 nitrogen and oxygen atoms in total. The van der Waals surface area contributed by atoms with Crippen LogP contribution in [0.4, 0.5) is 10.9 Å². The minimum atomic E-state index is 0.617. The van der Waals surface area contributed by atoms with Crippen LogP contribution in [0.25, 0.3) is 0 Å². The standard InChI is InChI=1S/C12H10BrN5S/c13-7-4-16-12(17-5-7)18-2-1-8-9(3-14)11(15)19-10(8)6-18/h4-5H,1-2,6,15H2.